The van der Waals surface area contributed by atoms with Gasteiger partial charge in [0.05, 0.1) is 0 Å². The summed E-state index contributed by atoms with van der Waals surface area (Å²) < 4.78 is 29.7. The molecule has 0 saturated carbocycles. The average molecular weight is 851 g/mol. The third kappa shape index (κ3) is 6.99. The Morgan fingerprint density at radius 2 is 0.677 bits per heavy atom. The quantitative estimate of drug-likeness (QED) is 0.0953. The topological polar surface area (TPSA) is 71.1 Å². The van der Waals surface area contributed by atoms with Crippen LogP contribution in [0.5, 0.6) is 0 Å². The maximum atomic E-state index is 14.9. The average Bonchev–Trinajstić information content (AvgIpc) is 3.81. The monoisotopic (exact) mass is 850 g/mol. The zero-order valence-electron chi connectivity index (χ0n) is 36.1. The van der Waals surface area contributed by atoms with Crippen molar-refractivity contribution in [1.29, 1.82) is 0 Å². The summed E-state index contributed by atoms with van der Waals surface area (Å²) in [7, 11) is 0. The molecule has 65 heavy (non-hydrogen) atoms. The number of hydrogen-bond acceptors (Lipinski definition) is 6. The summed E-state index contributed by atoms with van der Waals surface area (Å²) in [6.07, 6.45) is -3.57. The van der Waals surface area contributed by atoms with Crippen molar-refractivity contribution in [2.75, 3.05) is 0 Å². The van der Waals surface area contributed by atoms with Crippen LogP contribution in [0.1, 0.15) is 48.0 Å². The molecule has 1 fully saturated rings. The molecule has 0 amide bonds. The second-order valence-corrected chi connectivity index (χ2v) is 16.8. The van der Waals surface area contributed by atoms with E-state index in [1.54, 1.807) is 13.8 Å². The first-order valence-electron chi connectivity index (χ1n) is 21.8. The highest BCUT2D eigenvalue weighted by Crippen LogP contribution is 2.57. The van der Waals surface area contributed by atoms with E-state index in [0.717, 1.165) is 43.1 Å². The molecular weight excluding hydrogens is 805 g/mol. The van der Waals surface area contributed by atoms with Crippen molar-refractivity contribution in [2.45, 2.75) is 43.5 Å². The van der Waals surface area contributed by atoms with E-state index in [-0.39, 0.29) is 11.1 Å². The molecule has 1 aliphatic rings. The lowest BCUT2D eigenvalue weighted by Gasteiger charge is -2.47. The summed E-state index contributed by atoms with van der Waals surface area (Å²) >= 11 is 0. The molecule has 0 aromatic heterocycles. The minimum absolute atomic E-state index is 0.188. The number of carbonyl (C=O) groups excluding carboxylic acids is 2. The van der Waals surface area contributed by atoms with Crippen LogP contribution in [0.2, 0.25) is 0 Å². The van der Waals surface area contributed by atoms with E-state index < -0.39 is 41.6 Å². The van der Waals surface area contributed by atoms with Gasteiger partial charge < -0.3 is 18.9 Å². The number of esters is 2. The standard InChI is InChI=1S/C59H46O6/c1-38(2)55(60)64-58(49-34-16-26-40-20-8-12-30-45(40)49,50-35-17-27-41-21-9-13-31-46(41)50)53-54(63-57(62-53)44-24-6-5-7-25-44)59(65-56(61)39(3)4,51-36-18-28-42-22-10-14-32-47(42)51)52-37-19-29-43-23-11-15-33-48(43)52/h5-37,53-54,57H,1,3H2,2,4H3/t53-,54-/m1/s1. The van der Waals surface area contributed by atoms with Gasteiger partial charge in [-0.15, -0.1) is 0 Å². The van der Waals surface area contributed by atoms with Gasteiger partial charge in [-0.3, -0.25) is 0 Å². The molecule has 9 aromatic rings. The fourth-order valence-corrected chi connectivity index (χ4v) is 9.73. The molecule has 1 saturated heterocycles. The molecule has 1 aliphatic heterocycles. The highest BCUT2D eigenvalue weighted by molar-refractivity contribution is 5.96. The second-order valence-electron chi connectivity index (χ2n) is 16.8. The summed E-state index contributed by atoms with van der Waals surface area (Å²) in [5, 5.41) is 6.95. The van der Waals surface area contributed by atoms with Crippen molar-refractivity contribution in [2.24, 2.45) is 0 Å². The van der Waals surface area contributed by atoms with E-state index >= 15 is 0 Å². The summed E-state index contributed by atoms with van der Waals surface area (Å²) in [5.74, 6) is -1.28. The van der Waals surface area contributed by atoms with Gasteiger partial charge in [0.2, 0.25) is 0 Å². The highest BCUT2D eigenvalue weighted by Gasteiger charge is 2.65. The van der Waals surface area contributed by atoms with Crippen LogP contribution in [0, 0.1) is 0 Å². The fourth-order valence-electron chi connectivity index (χ4n) is 9.73. The Balaban J connectivity index is 1.43. The number of fused-ring (bicyclic) bond motifs is 4. The van der Waals surface area contributed by atoms with Gasteiger partial charge in [0.25, 0.3) is 0 Å². The van der Waals surface area contributed by atoms with E-state index in [1.165, 1.54) is 0 Å². The lowest BCUT2D eigenvalue weighted by Crippen LogP contribution is -2.58. The zero-order valence-corrected chi connectivity index (χ0v) is 36.1. The Kier molecular flexibility index (Phi) is 10.7. The molecule has 318 valence electrons. The van der Waals surface area contributed by atoms with Gasteiger partial charge in [-0.05, 0) is 56.9 Å². The number of carbonyl (C=O) groups is 2. The molecular formula is C59H46O6. The SMILES string of the molecule is C=C(C)C(=O)OC(c1cccc2ccccc12)(c1cccc2ccccc12)[C@@H]1OC(c2ccccc2)O[C@H]1C(OC(=O)C(=C)C)(c1cccc2ccccc12)c1cccc2ccccc12. The van der Waals surface area contributed by atoms with E-state index in [1.807, 2.05) is 200 Å². The fraction of sp³-hybridized carbons (Fsp3) is 0.119. The van der Waals surface area contributed by atoms with Crippen molar-refractivity contribution in [3.8, 4) is 0 Å². The predicted molar refractivity (Wildman–Crippen MR) is 258 cm³/mol. The molecule has 2 atom stereocenters. The maximum absolute atomic E-state index is 14.9. The maximum Gasteiger partial charge on any atom is 0.334 e. The Labute approximate surface area is 378 Å². The Morgan fingerprint density at radius 3 is 0.985 bits per heavy atom. The number of benzene rings is 9. The van der Waals surface area contributed by atoms with Crippen LogP contribution in [0.4, 0.5) is 0 Å². The normalized spacial score (nSPS) is 15.6. The van der Waals surface area contributed by atoms with Crippen LogP contribution >= 0.6 is 0 Å². The minimum Gasteiger partial charge on any atom is -0.443 e. The first kappa shape index (κ1) is 41.4. The van der Waals surface area contributed by atoms with Gasteiger partial charge in [-0.25, -0.2) is 9.59 Å². The van der Waals surface area contributed by atoms with Crippen LogP contribution in [0.15, 0.2) is 224 Å². The van der Waals surface area contributed by atoms with Gasteiger partial charge in [-0.2, -0.15) is 0 Å². The molecule has 6 heteroatoms. The molecule has 0 N–H and O–H groups in total. The van der Waals surface area contributed by atoms with Gasteiger partial charge in [0, 0.05) is 39.0 Å². The molecule has 0 aliphatic carbocycles. The Morgan fingerprint density at radius 1 is 0.400 bits per heavy atom. The molecule has 0 spiro atoms. The van der Waals surface area contributed by atoms with Crippen LogP contribution in [-0.4, -0.2) is 24.1 Å². The largest absolute Gasteiger partial charge is 0.443 e. The third-order valence-electron chi connectivity index (χ3n) is 12.7. The summed E-state index contributed by atoms with van der Waals surface area (Å²) in [5.41, 5.74) is 0.00145. The van der Waals surface area contributed by atoms with Crippen molar-refractivity contribution >= 4 is 55.0 Å². The van der Waals surface area contributed by atoms with Crippen molar-refractivity contribution in [1.82, 2.24) is 0 Å². The van der Waals surface area contributed by atoms with Crippen molar-refractivity contribution < 1.29 is 28.5 Å². The van der Waals surface area contributed by atoms with Gasteiger partial charge >= 0.3 is 11.9 Å². The molecule has 1 heterocycles. The number of rotatable bonds is 11. The first-order chi connectivity index (χ1) is 31.7. The summed E-state index contributed by atoms with van der Waals surface area (Å²) in [6.45, 7) is 11.5. The Bertz CT molecular complexity index is 2930. The smallest absolute Gasteiger partial charge is 0.334 e. The van der Waals surface area contributed by atoms with Crippen LogP contribution in [0.3, 0.4) is 0 Å². The first-order valence-corrected chi connectivity index (χ1v) is 21.8. The molecule has 9 aromatic carbocycles. The molecule has 10 rings (SSSR count). The van der Waals surface area contributed by atoms with Crippen LogP contribution < -0.4 is 0 Å². The summed E-state index contributed by atoms with van der Waals surface area (Å²) in [6, 6.07) is 65.8. The lowest BCUT2D eigenvalue weighted by molar-refractivity contribution is -0.180. The van der Waals surface area contributed by atoms with Crippen LogP contribution in [0.25, 0.3) is 43.1 Å². The van der Waals surface area contributed by atoms with Gasteiger partial charge in [0.15, 0.2) is 17.5 Å². The van der Waals surface area contributed by atoms with Crippen LogP contribution in [-0.2, 0) is 39.7 Å². The van der Waals surface area contributed by atoms with Gasteiger partial charge in [-0.1, -0.05) is 213 Å². The van der Waals surface area contributed by atoms with Gasteiger partial charge in [0.1, 0.15) is 12.2 Å². The Hall–Kier alpha value is -7.64. The minimum atomic E-state index is -1.83. The highest BCUT2D eigenvalue weighted by atomic mass is 16.8. The van der Waals surface area contributed by atoms with E-state index in [4.69, 9.17) is 18.9 Å². The van der Waals surface area contributed by atoms with Crippen molar-refractivity contribution in [3.63, 3.8) is 0 Å². The number of ether oxygens (including phenoxy) is 4. The third-order valence-corrected chi connectivity index (χ3v) is 12.7. The predicted octanol–water partition coefficient (Wildman–Crippen LogP) is 13.2. The lowest BCUT2D eigenvalue weighted by atomic mass is 9.69. The molecule has 0 bridgehead atoms. The van der Waals surface area contributed by atoms with E-state index in [9.17, 15) is 9.59 Å². The molecule has 0 unspecified atom stereocenters. The second kappa shape index (κ2) is 16.8. The summed E-state index contributed by atoms with van der Waals surface area (Å²) in [4.78, 5) is 29.8. The molecule has 0 radical (unpaired) electrons. The zero-order chi connectivity index (χ0) is 44.7. The van der Waals surface area contributed by atoms with Crippen molar-refractivity contribution in [3.05, 3.63) is 252 Å². The molecule has 6 nitrogen and oxygen atoms in total. The van der Waals surface area contributed by atoms with E-state index in [0.29, 0.717) is 27.8 Å². The van der Waals surface area contributed by atoms with E-state index in [2.05, 4.69) is 13.2 Å². The number of hydrogen-bond donors (Lipinski definition) is 0.